The summed E-state index contributed by atoms with van der Waals surface area (Å²) in [6.45, 7) is 13.9. The molecule has 21 heteroatoms. The van der Waals surface area contributed by atoms with Gasteiger partial charge in [0, 0.05) is 76.8 Å². The molecular weight excluding hydrogens is 1310 g/mol. The van der Waals surface area contributed by atoms with Crippen LogP contribution >= 0.6 is 11.6 Å². The molecule has 9 rings (SSSR count). The van der Waals surface area contributed by atoms with Crippen LogP contribution in [0.25, 0.3) is 44.8 Å². The number of carbonyl (C=O) groups is 5. The fraction of sp³-hybridized carbons (Fsp3) is 0.295. The summed E-state index contributed by atoms with van der Waals surface area (Å²) in [5, 5.41) is 69.8. The van der Waals surface area contributed by atoms with E-state index in [-0.39, 0.29) is 106 Å². The maximum atomic E-state index is 14.0. The van der Waals surface area contributed by atoms with Crippen molar-refractivity contribution in [1.82, 2.24) is 9.13 Å². The van der Waals surface area contributed by atoms with Crippen molar-refractivity contribution in [2.45, 2.75) is 142 Å². The summed E-state index contributed by atoms with van der Waals surface area (Å²) in [7, 11) is 0. The minimum atomic E-state index is -1.39. The average molecular weight is 1400 g/mol. The Bertz CT molecular complexity index is 3840. The number of aliphatic hydroxyl groups is 4. The third-order valence-corrected chi connectivity index (χ3v) is 16.0. The minimum absolute atomic E-state index is 0. The Morgan fingerprint density at radius 1 is 0.505 bits per heavy atom. The summed E-state index contributed by atoms with van der Waals surface area (Å²) in [6.07, 6.45) is -5.54. The van der Waals surface area contributed by atoms with Crippen molar-refractivity contribution in [3.63, 3.8) is 0 Å². The van der Waals surface area contributed by atoms with Crippen LogP contribution < -0.4 is 25.6 Å². The maximum Gasteiger partial charge on any atom is 2.00 e. The number of aliphatic hydroxyl groups excluding tert-OH is 4. The van der Waals surface area contributed by atoms with E-state index in [0.29, 0.717) is 73.5 Å². The minimum Gasteiger partial charge on any atom is -0.550 e. The molecule has 0 fully saturated rings. The predicted octanol–water partition coefficient (Wildman–Crippen LogP) is 12.6. The molecule has 0 unspecified atom stereocenters. The number of carbonyl (C=O) groups excluding carboxylic acids is 5. The molecule has 2 heterocycles. The largest absolute Gasteiger partial charge is 2.00 e. The summed E-state index contributed by atoms with van der Waals surface area (Å²) in [6, 6.07) is 56.2. The van der Waals surface area contributed by atoms with E-state index in [1.165, 1.54) is 24.3 Å². The molecule has 7 aromatic carbocycles. The van der Waals surface area contributed by atoms with Crippen molar-refractivity contribution < 1.29 is 72.9 Å². The first-order valence-electron chi connectivity index (χ1n) is 32.4. The number of esters is 1. The monoisotopic (exact) mass is 1400 g/mol. The van der Waals surface area contributed by atoms with Crippen LogP contribution in [-0.2, 0) is 32.2 Å². The van der Waals surface area contributed by atoms with Gasteiger partial charge < -0.3 is 69.5 Å². The normalized spacial score (nSPS) is 12.3. The van der Waals surface area contributed by atoms with Gasteiger partial charge in [-0.25, -0.2) is 13.6 Å². The second-order valence-corrected chi connectivity index (χ2v) is 25.0. The molecule has 0 saturated carbocycles. The summed E-state index contributed by atoms with van der Waals surface area (Å²) < 4.78 is 42.4. The Kier molecular flexibility index (Phi) is 30.7. The van der Waals surface area contributed by atoms with E-state index in [9.17, 15) is 63.4 Å². The summed E-state index contributed by atoms with van der Waals surface area (Å²) in [5.41, 5.74) is 8.44. The van der Waals surface area contributed by atoms with Crippen LogP contribution in [0.5, 0.6) is 5.75 Å². The zero-order valence-electron chi connectivity index (χ0n) is 56.5. The van der Waals surface area contributed by atoms with Crippen LogP contribution in [0, 0.1) is 11.6 Å². The number of amides is 2. The number of hydrogen-bond acceptors (Lipinski definition) is 13. The number of ether oxygens (including phenoxy) is 2. The number of rotatable bonds is 28. The van der Waals surface area contributed by atoms with E-state index in [1.807, 2.05) is 134 Å². The van der Waals surface area contributed by atoms with Crippen LogP contribution in [-0.4, -0.2) is 134 Å². The van der Waals surface area contributed by atoms with Crippen molar-refractivity contribution in [3.05, 3.63) is 233 Å². The van der Waals surface area contributed by atoms with E-state index in [1.54, 1.807) is 93.6 Å². The van der Waals surface area contributed by atoms with Crippen LogP contribution in [0.2, 0.25) is 5.02 Å². The quantitative estimate of drug-likeness (QED) is 0.0197. The number of aliphatic carboxylic acids is 2. The molecule has 4 atom stereocenters. The first kappa shape index (κ1) is 79.5. The molecule has 0 radical (unpaired) electrons. The van der Waals surface area contributed by atoms with Gasteiger partial charge in [0.1, 0.15) is 17.4 Å². The van der Waals surface area contributed by atoms with E-state index in [0.717, 1.165) is 22.5 Å². The van der Waals surface area contributed by atoms with Gasteiger partial charge in [0.2, 0.25) is 0 Å². The number of anilines is 2. The van der Waals surface area contributed by atoms with Crippen LogP contribution in [0.15, 0.2) is 194 Å². The summed E-state index contributed by atoms with van der Waals surface area (Å²) >= 11 is 5.75. The molecule has 516 valence electrons. The molecule has 0 aliphatic carbocycles. The van der Waals surface area contributed by atoms with Crippen molar-refractivity contribution in [2.75, 3.05) is 17.2 Å². The number of nitrogens with one attached hydrogen (secondary N) is 2. The van der Waals surface area contributed by atoms with Gasteiger partial charge in [-0.05, 0) is 178 Å². The molecular formula is C78H83CaClF2N4O13. The number of benzene rings is 7. The second kappa shape index (κ2) is 38.2. The van der Waals surface area contributed by atoms with Crippen LogP contribution in [0.4, 0.5) is 20.2 Å². The zero-order chi connectivity index (χ0) is 71.2. The van der Waals surface area contributed by atoms with E-state index in [4.69, 9.17) is 21.1 Å². The van der Waals surface area contributed by atoms with Gasteiger partial charge in [0.05, 0.1) is 53.5 Å². The van der Waals surface area contributed by atoms with Gasteiger partial charge >= 0.3 is 43.7 Å². The summed E-state index contributed by atoms with van der Waals surface area (Å²) in [5.74, 6) is -4.21. The van der Waals surface area contributed by atoms with Crippen LogP contribution in [0.3, 0.4) is 0 Å². The second-order valence-electron chi connectivity index (χ2n) is 24.6. The van der Waals surface area contributed by atoms with Crippen molar-refractivity contribution in [1.29, 1.82) is 0 Å². The Morgan fingerprint density at radius 2 is 0.848 bits per heavy atom. The first-order chi connectivity index (χ1) is 46.8. The topological polar surface area (TPSA) is 265 Å². The third-order valence-electron chi connectivity index (χ3n) is 15.8. The van der Waals surface area contributed by atoms with Gasteiger partial charge in [-0.2, -0.15) is 0 Å². The molecule has 2 aromatic heterocycles. The van der Waals surface area contributed by atoms with E-state index >= 15 is 0 Å². The SMILES string of the molecule is CC(C)c1c(C(=O)Nc2ccccc2)c(-c2ccccc2)c(-c2ccc(F)cc2)n1CC[C@@H](O)C[C@@H](O)CC(=O)[O-].CC(C)c1c(C(=O)Nc2ccccc2)c(-c2ccccc2)c(-c2ccc(F)cc2)n1CC[C@@H](O)C[C@@H](O)CC(=O)[O-].CCOC(=O)C(C)(C)Oc1ccc(Cl)cc1.[Ca+2]. The van der Waals surface area contributed by atoms with Crippen molar-refractivity contribution in [2.24, 2.45) is 0 Å². The molecule has 0 spiro atoms. The fourth-order valence-corrected chi connectivity index (χ4v) is 11.7. The molecule has 0 bridgehead atoms. The molecule has 0 saturated heterocycles. The van der Waals surface area contributed by atoms with Gasteiger partial charge in [0.15, 0.2) is 5.60 Å². The molecule has 99 heavy (non-hydrogen) atoms. The fourth-order valence-electron chi connectivity index (χ4n) is 11.5. The molecule has 2 amide bonds. The smallest absolute Gasteiger partial charge is 0.550 e. The molecule has 0 aliphatic heterocycles. The number of aromatic nitrogens is 2. The molecule has 0 aliphatic rings. The number of carboxylic acids is 2. The Morgan fingerprint density at radius 3 is 1.17 bits per heavy atom. The van der Waals surface area contributed by atoms with Gasteiger partial charge in [0.25, 0.3) is 11.8 Å². The van der Waals surface area contributed by atoms with Gasteiger partial charge in [-0.3, -0.25) is 9.59 Å². The van der Waals surface area contributed by atoms with Gasteiger partial charge in [-0.1, -0.05) is 136 Å². The Hall–Kier alpha value is -8.50. The van der Waals surface area contributed by atoms with E-state index in [2.05, 4.69) is 10.6 Å². The molecule has 9 aromatic rings. The first-order valence-corrected chi connectivity index (χ1v) is 32.8. The molecule has 17 nitrogen and oxygen atoms in total. The number of hydrogen-bond donors (Lipinski definition) is 6. The number of nitrogens with zero attached hydrogens (tertiary/aromatic N) is 2. The van der Waals surface area contributed by atoms with Crippen molar-refractivity contribution >= 4 is 90.4 Å². The number of carboxylic acid groups (broad SMARTS) is 2. The van der Waals surface area contributed by atoms with Crippen molar-refractivity contribution in [3.8, 4) is 50.5 Å². The summed E-state index contributed by atoms with van der Waals surface area (Å²) in [4.78, 5) is 61.4. The standard InChI is InChI=1S/2C33H35FN2O5.C12H15ClO3.Ca/c2*1-21(2)31-30(33(41)35-25-11-7-4-8-12-25)29(22-9-5-3-6-10-22)32(23-13-15-24(34)16-14-23)36(31)18-17-26(37)19-27(38)20-28(39)40;1-4-15-11(14)12(2,3)16-10-7-5-9(13)6-8-10;/h2*3-16,21,26-27,37-38H,17-20H2,1-2H3,(H,35,41)(H,39,40);5-8H,4H2,1-3H3;/q;;;+2/p-2/t2*26-,27-;;/m11../s1. The van der Waals surface area contributed by atoms with Crippen LogP contribution in [0.1, 0.15) is 131 Å². The molecule has 6 N–H and O–H groups in total. The van der Waals surface area contributed by atoms with E-state index < -0.39 is 66.4 Å². The number of halogens is 3. The average Bonchev–Trinajstić information content (AvgIpc) is 1.60. The number of para-hydroxylation sites is 2. The third kappa shape index (κ3) is 22.8. The predicted molar refractivity (Wildman–Crippen MR) is 378 cm³/mol. The Balaban J connectivity index is 0.000000254. The Labute approximate surface area is 611 Å². The zero-order valence-corrected chi connectivity index (χ0v) is 59.5. The maximum absolute atomic E-state index is 14.0. The van der Waals surface area contributed by atoms with Gasteiger partial charge in [-0.15, -0.1) is 0 Å².